The highest BCUT2D eigenvalue weighted by molar-refractivity contribution is 5.97. The molecular weight excluding hydrogens is 314 g/mol. The van der Waals surface area contributed by atoms with Gasteiger partial charge in [0.2, 0.25) is 11.8 Å². The minimum atomic E-state index is -0.241. The molecule has 5 heteroatoms. The van der Waals surface area contributed by atoms with Crippen molar-refractivity contribution in [1.29, 1.82) is 0 Å². The average Bonchev–Trinajstić information content (AvgIpc) is 3.39. The number of benzene rings is 2. The van der Waals surface area contributed by atoms with E-state index in [0.717, 1.165) is 29.9 Å². The third-order valence-corrected chi connectivity index (χ3v) is 4.73. The highest BCUT2D eigenvalue weighted by Gasteiger charge is 2.41. The summed E-state index contributed by atoms with van der Waals surface area (Å²) in [6.45, 7) is 0.559. The number of hydrogen-bond acceptors (Lipinski definition) is 3. The molecule has 1 saturated carbocycles. The quantitative estimate of drug-likeness (QED) is 0.880. The Labute approximate surface area is 147 Å². The first-order valence-corrected chi connectivity index (χ1v) is 8.71. The minimum absolute atomic E-state index is 0.0692. The second-order valence-electron chi connectivity index (χ2n) is 6.74. The molecule has 2 fully saturated rings. The van der Waals surface area contributed by atoms with Crippen LogP contribution >= 0.6 is 0 Å². The van der Waals surface area contributed by atoms with Crippen LogP contribution in [0, 0.1) is 5.92 Å². The number of likely N-dealkylation sites (tertiary alicyclic amines) is 1. The topological polar surface area (TPSA) is 61.4 Å². The number of rotatable bonds is 5. The summed E-state index contributed by atoms with van der Waals surface area (Å²) in [5.74, 6) is -0.194. The van der Waals surface area contributed by atoms with E-state index in [1.807, 2.05) is 59.5 Å². The molecule has 0 radical (unpaired) electrons. The van der Waals surface area contributed by atoms with Crippen molar-refractivity contribution in [1.82, 2.24) is 4.90 Å². The number of anilines is 3. The van der Waals surface area contributed by atoms with E-state index in [1.165, 1.54) is 0 Å². The van der Waals surface area contributed by atoms with Gasteiger partial charge in [-0.05, 0) is 49.2 Å². The van der Waals surface area contributed by atoms with Crippen molar-refractivity contribution in [2.24, 2.45) is 5.92 Å². The normalized spacial score (nSPS) is 19.8. The molecule has 1 aliphatic heterocycles. The van der Waals surface area contributed by atoms with Gasteiger partial charge < -0.3 is 15.5 Å². The van der Waals surface area contributed by atoms with Crippen molar-refractivity contribution < 1.29 is 9.59 Å². The molecule has 5 nitrogen and oxygen atoms in total. The van der Waals surface area contributed by atoms with Crippen LogP contribution in [0.1, 0.15) is 19.3 Å². The van der Waals surface area contributed by atoms with Crippen molar-refractivity contribution in [3.05, 3.63) is 54.6 Å². The van der Waals surface area contributed by atoms with Crippen LogP contribution in [0.15, 0.2) is 54.6 Å². The fourth-order valence-electron chi connectivity index (χ4n) is 3.22. The van der Waals surface area contributed by atoms with E-state index < -0.39 is 0 Å². The summed E-state index contributed by atoms with van der Waals surface area (Å²) >= 11 is 0. The zero-order valence-electron chi connectivity index (χ0n) is 13.9. The summed E-state index contributed by atoms with van der Waals surface area (Å²) in [7, 11) is 0. The predicted molar refractivity (Wildman–Crippen MR) is 97.6 cm³/mol. The smallest absolute Gasteiger partial charge is 0.229 e. The van der Waals surface area contributed by atoms with Gasteiger partial charge in [-0.3, -0.25) is 9.59 Å². The Morgan fingerprint density at radius 1 is 0.920 bits per heavy atom. The molecule has 2 aromatic carbocycles. The molecule has 2 aromatic rings. The van der Waals surface area contributed by atoms with E-state index in [-0.39, 0.29) is 17.7 Å². The van der Waals surface area contributed by atoms with Crippen molar-refractivity contribution in [2.75, 3.05) is 17.2 Å². The van der Waals surface area contributed by atoms with Crippen LogP contribution in [0.5, 0.6) is 0 Å². The first-order valence-electron chi connectivity index (χ1n) is 8.71. The van der Waals surface area contributed by atoms with Crippen LogP contribution in [0.25, 0.3) is 0 Å². The zero-order chi connectivity index (χ0) is 17.2. The second-order valence-corrected chi connectivity index (χ2v) is 6.74. The van der Waals surface area contributed by atoms with Crippen LogP contribution in [0.4, 0.5) is 17.1 Å². The molecule has 25 heavy (non-hydrogen) atoms. The second kappa shape index (κ2) is 6.59. The summed E-state index contributed by atoms with van der Waals surface area (Å²) in [6.07, 6.45) is 2.49. The van der Waals surface area contributed by atoms with Gasteiger partial charge in [-0.15, -0.1) is 0 Å². The molecule has 0 aromatic heterocycles. The van der Waals surface area contributed by atoms with E-state index in [4.69, 9.17) is 0 Å². The molecule has 2 aliphatic rings. The third-order valence-electron chi connectivity index (χ3n) is 4.73. The lowest BCUT2D eigenvalue weighted by Crippen LogP contribution is -2.29. The zero-order valence-corrected chi connectivity index (χ0v) is 13.9. The standard InChI is InChI=1S/C20H21N3O2/c24-19-12-14(13-23(19)18-10-11-18)20(25)22-17-8-6-16(7-9-17)21-15-4-2-1-3-5-15/h1-9,14,18,21H,10-13H2,(H,22,25)/t14-/m0/s1. The van der Waals surface area contributed by atoms with Crippen molar-refractivity contribution in [3.63, 3.8) is 0 Å². The average molecular weight is 335 g/mol. The van der Waals surface area contributed by atoms with Gasteiger partial charge in [-0.25, -0.2) is 0 Å². The largest absolute Gasteiger partial charge is 0.356 e. The molecule has 1 aliphatic carbocycles. The molecule has 0 bridgehead atoms. The number of nitrogens with zero attached hydrogens (tertiary/aromatic N) is 1. The summed E-state index contributed by atoms with van der Waals surface area (Å²) in [4.78, 5) is 26.3. The van der Waals surface area contributed by atoms with E-state index in [1.54, 1.807) is 0 Å². The lowest BCUT2D eigenvalue weighted by Gasteiger charge is -2.15. The summed E-state index contributed by atoms with van der Waals surface area (Å²) in [6, 6.07) is 17.9. The number of para-hydroxylation sites is 1. The summed E-state index contributed by atoms with van der Waals surface area (Å²) in [5.41, 5.74) is 2.73. The van der Waals surface area contributed by atoms with Gasteiger partial charge in [0.15, 0.2) is 0 Å². The van der Waals surface area contributed by atoms with Gasteiger partial charge >= 0.3 is 0 Å². The lowest BCUT2D eigenvalue weighted by atomic mass is 10.1. The maximum absolute atomic E-state index is 12.4. The molecule has 1 atom stereocenters. The van der Waals surface area contributed by atoms with Gasteiger partial charge in [0.05, 0.1) is 5.92 Å². The highest BCUT2D eigenvalue weighted by atomic mass is 16.2. The maximum atomic E-state index is 12.4. The highest BCUT2D eigenvalue weighted by Crippen LogP contribution is 2.33. The molecule has 128 valence electrons. The lowest BCUT2D eigenvalue weighted by molar-refractivity contribution is -0.128. The molecular formula is C20H21N3O2. The number of hydrogen-bond donors (Lipinski definition) is 2. The fourth-order valence-corrected chi connectivity index (χ4v) is 3.22. The van der Waals surface area contributed by atoms with Crippen LogP contribution in [-0.4, -0.2) is 29.3 Å². The van der Waals surface area contributed by atoms with E-state index in [9.17, 15) is 9.59 Å². The Balaban J connectivity index is 1.34. The van der Waals surface area contributed by atoms with Gasteiger partial charge in [0.1, 0.15) is 0 Å². The predicted octanol–water partition coefficient (Wildman–Crippen LogP) is 3.38. The third kappa shape index (κ3) is 3.65. The Morgan fingerprint density at radius 3 is 2.24 bits per heavy atom. The van der Waals surface area contributed by atoms with Crippen molar-refractivity contribution in [2.45, 2.75) is 25.3 Å². The minimum Gasteiger partial charge on any atom is -0.356 e. The van der Waals surface area contributed by atoms with Crippen LogP contribution in [-0.2, 0) is 9.59 Å². The number of carbonyl (C=O) groups excluding carboxylic acids is 2. The van der Waals surface area contributed by atoms with E-state index in [0.29, 0.717) is 19.0 Å². The molecule has 2 amide bonds. The monoisotopic (exact) mass is 335 g/mol. The number of carbonyl (C=O) groups is 2. The Morgan fingerprint density at radius 2 is 1.56 bits per heavy atom. The van der Waals surface area contributed by atoms with E-state index in [2.05, 4.69) is 10.6 Å². The maximum Gasteiger partial charge on any atom is 0.229 e. The number of amides is 2. The van der Waals surface area contributed by atoms with Gasteiger partial charge in [-0.2, -0.15) is 0 Å². The SMILES string of the molecule is O=C(Nc1ccc(Nc2ccccc2)cc1)[C@H]1CC(=O)N(C2CC2)C1. The van der Waals surface area contributed by atoms with Crippen LogP contribution in [0.2, 0.25) is 0 Å². The van der Waals surface area contributed by atoms with Crippen molar-refractivity contribution >= 4 is 28.9 Å². The molecule has 0 spiro atoms. The summed E-state index contributed by atoms with van der Waals surface area (Å²) in [5, 5.41) is 6.24. The molecule has 1 saturated heterocycles. The van der Waals surface area contributed by atoms with Crippen LogP contribution < -0.4 is 10.6 Å². The first-order chi connectivity index (χ1) is 12.2. The van der Waals surface area contributed by atoms with E-state index >= 15 is 0 Å². The summed E-state index contributed by atoms with van der Waals surface area (Å²) < 4.78 is 0. The molecule has 0 unspecified atom stereocenters. The Kier molecular flexibility index (Phi) is 4.14. The first kappa shape index (κ1) is 15.7. The molecule has 4 rings (SSSR count). The van der Waals surface area contributed by atoms with Crippen LogP contribution in [0.3, 0.4) is 0 Å². The van der Waals surface area contributed by atoms with Gasteiger partial charge in [-0.1, -0.05) is 18.2 Å². The molecule has 2 N–H and O–H groups in total. The number of nitrogens with one attached hydrogen (secondary N) is 2. The molecule has 1 heterocycles. The van der Waals surface area contributed by atoms with Gasteiger partial charge in [0.25, 0.3) is 0 Å². The fraction of sp³-hybridized carbons (Fsp3) is 0.300. The van der Waals surface area contributed by atoms with Gasteiger partial charge in [0, 0.05) is 36.1 Å². The Bertz CT molecular complexity index is 769. The Hall–Kier alpha value is -2.82. The van der Waals surface area contributed by atoms with Crippen molar-refractivity contribution in [3.8, 4) is 0 Å².